The van der Waals surface area contributed by atoms with Crippen molar-refractivity contribution in [1.82, 2.24) is 0 Å². The molecule has 0 radical (unpaired) electrons. The monoisotopic (exact) mass is 632 g/mol. The van der Waals surface area contributed by atoms with Crippen LogP contribution < -0.4 is 9.47 Å². The van der Waals surface area contributed by atoms with Gasteiger partial charge in [0.05, 0.1) is 13.2 Å². The molecule has 0 unspecified atom stereocenters. The molecule has 0 saturated carbocycles. The third-order valence-electron chi connectivity index (χ3n) is 9.50. The maximum atomic E-state index is 6.43. The molecule has 2 saturated heterocycles. The predicted octanol–water partition coefficient (Wildman–Crippen LogP) is 10.1. The summed E-state index contributed by atoms with van der Waals surface area (Å²) in [7, 11) is 0. The first-order chi connectivity index (χ1) is 21.3. The van der Waals surface area contributed by atoms with Gasteiger partial charge < -0.3 is 9.47 Å². The maximum absolute atomic E-state index is 6.43. The fourth-order valence-corrected chi connectivity index (χ4v) is 14.6. The van der Waals surface area contributed by atoms with Crippen molar-refractivity contribution in [2.24, 2.45) is 0 Å². The molecule has 0 amide bonds. The van der Waals surface area contributed by atoms with Gasteiger partial charge in [-0.3, -0.25) is 0 Å². The number of hydrogen-bond acceptors (Lipinski definition) is 6. The summed E-state index contributed by atoms with van der Waals surface area (Å²) in [5, 5.41) is 11.0. The molecule has 2 nitrogen and oxygen atoms in total. The molecular weight excluding hydrogens is 605 g/mol. The summed E-state index contributed by atoms with van der Waals surface area (Å²) in [5.41, 5.74) is 5.80. The molecule has 43 heavy (non-hydrogen) atoms. The van der Waals surface area contributed by atoms with Crippen molar-refractivity contribution in [3.63, 3.8) is 0 Å². The highest BCUT2D eigenvalue weighted by Crippen LogP contribution is 2.65. The number of fused-ring (bicyclic) bond motifs is 4. The van der Waals surface area contributed by atoms with Gasteiger partial charge >= 0.3 is 0 Å². The van der Waals surface area contributed by atoms with Gasteiger partial charge in [-0.25, -0.2) is 0 Å². The molecular formula is C37H28O2S4. The van der Waals surface area contributed by atoms with E-state index >= 15 is 0 Å². The smallest absolute Gasteiger partial charge is 0.120 e. The molecule has 2 aliphatic carbocycles. The summed E-state index contributed by atoms with van der Waals surface area (Å²) in [4.78, 5) is 0. The molecule has 2 heterocycles. The lowest BCUT2D eigenvalue weighted by Crippen LogP contribution is -2.13. The van der Waals surface area contributed by atoms with E-state index in [9.17, 15) is 0 Å². The van der Waals surface area contributed by atoms with Gasteiger partial charge in [0.1, 0.15) is 19.7 Å². The fraction of sp³-hybridized carbons (Fsp3) is 0.243. The van der Waals surface area contributed by atoms with E-state index in [0.717, 1.165) is 17.9 Å². The van der Waals surface area contributed by atoms with Crippen molar-refractivity contribution in [2.45, 2.75) is 14.6 Å². The Labute approximate surface area is 267 Å². The van der Waals surface area contributed by atoms with E-state index in [1.165, 1.54) is 88.4 Å². The minimum Gasteiger partial charge on any atom is -0.493 e. The van der Waals surface area contributed by atoms with Crippen LogP contribution in [0.2, 0.25) is 0 Å². The van der Waals surface area contributed by atoms with Crippen LogP contribution in [-0.4, -0.2) is 36.2 Å². The number of benzene rings is 6. The van der Waals surface area contributed by atoms with Crippen LogP contribution in [0.25, 0.3) is 43.1 Å². The third kappa shape index (κ3) is 3.50. The molecule has 212 valence electrons. The normalized spacial score (nSPS) is 18.6. The van der Waals surface area contributed by atoms with Crippen LogP contribution in [0.3, 0.4) is 0 Å². The van der Waals surface area contributed by atoms with E-state index in [-0.39, 0.29) is 8.16 Å². The largest absolute Gasteiger partial charge is 0.493 e. The van der Waals surface area contributed by atoms with Crippen molar-refractivity contribution in [3.8, 4) is 11.5 Å². The molecule has 0 bridgehead atoms. The topological polar surface area (TPSA) is 18.5 Å². The first kappa shape index (κ1) is 25.7. The van der Waals surface area contributed by atoms with E-state index in [4.69, 9.17) is 9.47 Å². The van der Waals surface area contributed by atoms with Crippen molar-refractivity contribution in [1.29, 1.82) is 0 Å². The Morgan fingerprint density at radius 1 is 0.465 bits per heavy atom. The van der Waals surface area contributed by atoms with Crippen LogP contribution in [0.4, 0.5) is 0 Å². The summed E-state index contributed by atoms with van der Waals surface area (Å²) >= 11 is 8.36. The van der Waals surface area contributed by atoms with Gasteiger partial charge in [-0.1, -0.05) is 60.7 Å². The third-order valence-corrected chi connectivity index (χ3v) is 16.4. The summed E-state index contributed by atoms with van der Waals surface area (Å²) in [5.74, 6) is 6.69. The molecule has 0 N–H and O–H groups in total. The van der Waals surface area contributed by atoms with E-state index in [1.807, 2.05) is 0 Å². The van der Waals surface area contributed by atoms with Crippen LogP contribution in [0.1, 0.15) is 28.7 Å². The average Bonchev–Trinajstić information content (AvgIpc) is 3.84. The van der Waals surface area contributed by atoms with Gasteiger partial charge in [0.25, 0.3) is 0 Å². The molecule has 2 spiro atoms. The minimum atomic E-state index is -0.0000965. The number of thioether (sulfide) groups is 4. The Hall–Kier alpha value is -2.64. The van der Waals surface area contributed by atoms with Crippen molar-refractivity contribution >= 4 is 90.1 Å². The fourth-order valence-electron chi connectivity index (χ4n) is 7.84. The summed E-state index contributed by atoms with van der Waals surface area (Å²) < 4.78 is 12.9. The van der Waals surface area contributed by atoms with E-state index in [2.05, 4.69) is 132 Å². The van der Waals surface area contributed by atoms with Gasteiger partial charge in [0, 0.05) is 29.4 Å². The highest BCUT2D eigenvalue weighted by Gasteiger charge is 2.47. The lowest BCUT2D eigenvalue weighted by molar-refractivity contribution is 0.247. The Morgan fingerprint density at radius 3 is 1.35 bits per heavy atom. The molecule has 4 aliphatic rings. The zero-order valence-electron chi connectivity index (χ0n) is 23.5. The van der Waals surface area contributed by atoms with Crippen LogP contribution in [0.5, 0.6) is 11.5 Å². The maximum Gasteiger partial charge on any atom is 0.120 e. The van der Waals surface area contributed by atoms with Crippen LogP contribution >= 0.6 is 47.0 Å². The molecule has 6 heteroatoms. The lowest BCUT2D eigenvalue weighted by atomic mass is 10.0. The second-order valence-corrected chi connectivity index (χ2v) is 17.5. The van der Waals surface area contributed by atoms with Crippen molar-refractivity contribution < 1.29 is 9.47 Å². The quantitative estimate of drug-likeness (QED) is 0.133. The van der Waals surface area contributed by atoms with Crippen LogP contribution in [0, 0.1) is 0 Å². The summed E-state index contributed by atoms with van der Waals surface area (Å²) in [6.07, 6.45) is 0.836. The van der Waals surface area contributed by atoms with Crippen molar-refractivity contribution in [3.05, 3.63) is 107 Å². The van der Waals surface area contributed by atoms with E-state index < -0.39 is 0 Å². The lowest BCUT2D eigenvalue weighted by Gasteiger charge is -2.25. The minimum absolute atomic E-state index is 0.0000965. The first-order valence-corrected chi connectivity index (χ1v) is 19.0. The Bertz CT molecular complexity index is 1990. The van der Waals surface area contributed by atoms with Gasteiger partial charge in [0.15, 0.2) is 0 Å². The Kier molecular flexibility index (Phi) is 5.63. The molecule has 0 atom stereocenters. The molecule has 10 rings (SSSR count). The highest BCUT2D eigenvalue weighted by molar-refractivity contribution is 8.21. The highest BCUT2D eigenvalue weighted by atomic mass is 32.2. The van der Waals surface area contributed by atoms with Gasteiger partial charge in [0.2, 0.25) is 0 Å². The average molecular weight is 633 g/mol. The van der Waals surface area contributed by atoms with Crippen LogP contribution in [0.15, 0.2) is 84.9 Å². The number of ether oxygens (including phenoxy) is 2. The number of rotatable bonds is 6. The molecule has 2 aliphatic heterocycles. The van der Waals surface area contributed by atoms with E-state index in [1.54, 1.807) is 0 Å². The first-order valence-electron chi connectivity index (χ1n) is 15.1. The summed E-state index contributed by atoms with van der Waals surface area (Å²) in [6.45, 7) is 1.27. The van der Waals surface area contributed by atoms with Gasteiger partial charge in [-0.15, -0.1) is 47.0 Å². The molecule has 6 aromatic carbocycles. The zero-order chi connectivity index (χ0) is 28.2. The van der Waals surface area contributed by atoms with E-state index in [0.29, 0.717) is 13.2 Å². The van der Waals surface area contributed by atoms with Crippen LogP contribution in [-0.2, 0) is 8.16 Å². The molecule has 0 aromatic heterocycles. The van der Waals surface area contributed by atoms with Gasteiger partial charge in [-0.05, 0) is 89.6 Å². The molecule has 2 fully saturated rings. The second kappa shape index (κ2) is 9.43. The molecule has 6 aromatic rings. The SMILES string of the molecule is c1cc2c3c(c1)ccc1cc(OCCCOc4cc5c6c(ccc7cccc(c76)C56SCCS6)c4)cc(c13)C21SCCS1. The Balaban J connectivity index is 0.900. The summed E-state index contributed by atoms with van der Waals surface area (Å²) in [6, 6.07) is 31.9. The standard InChI is InChI=1S/C37H28O2S4/c1-4-22-8-10-24-18-26(20-30-34(24)32(22)28(6-1)36(30)40-14-15-41-36)38-12-3-13-39-27-19-25-11-9-23-5-2-7-29-33(23)35(25)31(21-27)37(29)42-16-17-43-37/h1-2,4-11,18-21H,3,12-17H2. The second-order valence-electron chi connectivity index (χ2n) is 11.8. The van der Waals surface area contributed by atoms with Gasteiger partial charge in [-0.2, -0.15) is 0 Å². The zero-order valence-corrected chi connectivity index (χ0v) is 26.7. The number of hydrogen-bond donors (Lipinski definition) is 0. The predicted molar refractivity (Wildman–Crippen MR) is 190 cm³/mol. The van der Waals surface area contributed by atoms with Crippen molar-refractivity contribution in [2.75, 3.05) is 36.2 Å². The Morgan fingerprint density at radius 2 is 0.884 bits per heavy atom.